The number of benzene rings is 2. The lowest BCUT2D eigenvalue weighted by molar-refractivity contribution is -0.114. The van der Waals surface area contributed by atoms with Gasteiger partial charge in [-0.05, 0) is 67.4 Å². The number of nitrogens with zero attached hydrogens (tertiary/aromatic N) is 4. The van der Waals surface area contributed by atoms with Gasteiger partial charge in [-0.15, -0.1) is 0 Å². The lowest BCUT2D eigenvalue weighted by Crippen LogP contribution is -2.44. The van der Waals surface area contributed by atoms with E-state index in [4.69, 9.17) is 4.74 Å². The molecule has 2 aromatic heterocycles. The molecule has 0 atom stereocenters. The van der Waals surface area contributed by atoms with Gasteiger partial charge in [0.1, 0.15) is 11.4 Å². The van der Waals surface area contributed by atoms with Gasteiger partial charge in [-0.2, -0.15) is 0 Å². The van der Waals surface area contributed by atoms with Crippen LogP contribution < -0.4 is 14.5 Å². The second kappa shape index (κ2) is 9.99. The molecule has 1 amide bonds. The molecule has 1 N–H and O–H groups in total. The van der Waals surface area contributed by atoms with E-state index < -0.39 is 0 Å². The average molecular weight is 508 g/mol. The van der Waals surface area contributed by atoms with E-state index in [0.29, 0.717) is 13.2 Å². The van der Waals surface area contributed by atoms with Crippen LogP contribution in [0.3, 0.4) is 0 Å². The number of H-pyrrole nitrogens is 1. The highest BCUT2D eigenvalue weighted by molar-refractivity contribution is 6.07. The Balaban J connectivity index is 1.48. The highest BCUT2D eigenvalue weighted by Crippen LogP contribution is 2.44. The zero-order valence-electron chi connectivity index (χ0n) is 22.0. The molecule has 7 heteroatoms. The number of ether oxygens (including phenoxy) is 1. The highest BCUT2D eigenvalue weighted by Gasteiger charge is 2.26. The largest absolute Gasteiger partial charge is 0.493 e. The van der Waals surface area contributed by atoms with Gasteiger partial charge in [0.25, 0.3) is 0 Å². The fraction of sp³-hybridized carbons (Fsp3) is 0.290. The molecule has 38 heavy (non-hydrogen) atoms. The minimum absolute atomic E-state index is 0.0729. The first kappa shape index (κ1) is 24.2. The van der Waals surface area contributed by atoms with Crippen LogP contribution in [-0.4, -0.2) is 67.2 Å². The molecule has 2 aliphatic heterocycles. The van der Waals surface area contributed by atoms with Crippen molar-refractivity contribution in [3.05, 3.63) is 72.9 Å². The second-order valence-corrected chi connectivity index (χ2v) is 9.97. The number of amides is 1. The summed E-state index contributed by atoms with van der Waals surface area (Å²) in [5, 5.41) is 0.951. The van der Waals surface area contributed by atoms with Crippen LogP contribution in [-0.2, 0) is 11.2 Å². The number of anilines is 2. The number of aromatic amines is 1. The maximum Gasteiger partial charge on any atom is 0.250 e. The Morgan fingerprint density at radius 3 is 2.55 bits per heavy atom. The number of carbonyl (C=O) groups is 1. The topological polar surface area (TPSA) is 64.7 Å². The Morgan fingerprint density at radius 2 is 1.82 bits per heavy atom. The Bertz CT molecular complexity index is 1500. The molecule has 4 aromatic rings. The normalized spacial score (nSPS) is 15.6. The summed E-state index contributed by atoms with van der Waals surface area (Å²) in [5.74, 6) is 0.722. The predicted octanol–water partition coefficient (Wildman–Crippen LogP) is 5.12. The number of carbonyl (C=O) groups excluding carboxylic acids is 1. The van der Waals surface area contributed by atoms with Gasteiger partial charge in [0.15, 0.2) is 0 Å². The minimum Gasteiger partial charge on any atom is -0.493 e. The van der Waals surface area contributed by atoms with E-state index >= 15 is 0 Å². The predicted molar refractivity (Wildman–Crippen MR) is 154 cm³/mol. The van der Waals surface area contributed by atoms with E-state index in [1.807, 2.05) is 17.9 Å². The Morgan fingerprint density at radius 1 is 1.05 bits per heavy atom. The summed E-state index contributed by atoms with van der Waals surface area (Å²) < 4.78 is 6.06. The monoisotopic (exact) mass is 507 g/mol. The lowest BCUT2D eigenvalue weighted by Gasteiger charge is -2.34. The number of likely N-dealkylation sites (N-methyl/N-ethyl adjacent to an activating group) is 1. The zero-order valence-corrected chi connectivity index (χ0v) is 22.0. The van der Waals surface area contributed by atoms with Gasteiger partial charge >= 0.3 is 0 Å². The molecular formula is C31H33N5O2. The molecule has 1 saturated heterocycles. The molecule has 2 aliphatic rings. The summed E-state index contributed by atoms with van der Waals surface area (Å²) in [6.07, 6.45) is 4.01. The molecule has 2 aromatic carbocycles. The number of hydrogen-bond acceptors (Lipinski definition) is 5. The summed E-state index contributed by atoms with van der Waals surface area (Å²) in [6, 6.07) is 17.1. The van der Waals surface area contributed by atoms with Crippen molar-refractivity contribution >= 4 is 28.3 Å². The van der Waals surface area contributed by atoms with Gasteiger partial charge < -0.3 is 24.4 Å². The zero-order chi connectivity index (χ0) is 26.2. The van der Waals surface area contributed by atoms with Crippen molar-refractivity contribution in [1.29, 1.82) is 0 Å². The molecule has 0 radical (unpaired) electrons. The number of fused-ring (bicyclic) bond motifs is 2. The SMILES string of the molecule is C=CC(=O)N1CCc2ccc(-c3c(-c4ccc(N5CCN(C)CC5)cc4)[nH]c4nccc(OCC)c34)cc21. The van der Waals surface area contributed by atoms with Crippen molar-refractivity contribution in [2.75, 3.05) is 56.2 Å². The van der Waals surface area contributed by atoms with E-state index in [1.165, 1.54) is 17.3 Å². The van der Waals surface area contributed by atoms with Crippen molar-refractivity contribution in [2.24, 2.45) is 0 Å². The van der Waals surface area contributed by atoms with Crippen molar-refractivity contribution in [2.45, 2.75) is 13.3 Å². The van der Waals surface area contributed by atoms with Crippen molar-refractivity contribution < 1.29 is 9.53 Å². The van der Waals surface area contributed by atoms with Crippen LogP contribution in [0.4, 0.5) is 11.4 Å². The number of hydrogen-bond donors (Lipinski definition) is 1. The third-order valence-electron chi connectivity index (χ3n) is 7.69. The van der Waals surface area contributed by atoms with E-state index in [9.17, 15) is 4.79 Å². The van der Waals surface area contributed by atoms with Crippen molar-refractivity contribution in [3.8, 4) is 28.1 Å². The van der Waals surface area contributed by atoms with Gasteiger partial charge in [0, 0.05) is 55.9 Å². The molecule has 1 fully saturated rings. The molecule has 4 heterocycles. The van der Waals surface area contributed by atoms with Gasteiger partial charge in [0.05, 0.1) is 17.7 Å². The van der Waals surface area contributed by atoms with Crippen LogP contribution in [0.15, 0.2) is 67.4 Å². The van der Waals surface area contributed by atoms with E-state index in [1.54, 1.807) is 6.20 Å². The number of rotatable bonds is 6. The number of aromatic nitrogens is 2. The first-order valence-electron chi connectivity index (χ1n) is 13.3. The van der Waals surface area contributed by atoms with Crippen LogP contribution in [0.25, 0.3) is 33.4 Å². The highest BCUT2D eigenvalue weighted by atomic mass is 16.5. The Labute approximate surface area is 223 Å². The van der Waals surface area contributed by atoms with E-state index in [0.717, 1.165) is 77.5 Å². The van der Waals surface area contributed by atoms with E-state index in [2.05, 4.69) is 75.9 Å². The molecule has 0 unspecified atom stereocenters. The summed E-state index contributed by atoms with van der Waals surface area (Å²) in [6.45, 7) is 11.1. The smallest absolute Gasteiger partial charge is 0.250 e. The Hall–Kier alpha value is -4.10. The fourth-order valence-electron chi connectivity index (χ4n) is 5.64. The third kappa shape index (κ3) is 4.23. The first-order chi connectivity index (χ1) is 18.6. The van der Waals surface area contributed by atoms with Crippen LogP contribution in [0, 0.1) is 0 Å². The van der Waals surface area contributed by atoms with Gasteiger partial charge in [-0.25, -0.2) is 4.98 Å². The molecule has 0 aliphatic carbocycles. The van der Waals surface area contributed by atoms with Crippen LogP contribution in [0.1, 0.15) is 12.5 Å². The number of nitrogens with one attached hydrogen (secondary N) is 1. The second-order valence-electron chi connectivity index (χ2n) is 9.97. The van der Waals surface area contributed by atoms with Crippen molar-refractivity contribution in [3.63, 3.8) is 0 Å². The van der Waals surface area contributed by atoms with Gasteiger partial charge in [-0.1, -0.05) is 30.8 Å². The summed E-state index contributed by atoms with van der Waals surface area (Å²) in [5.41, 5.74) is 8.26. The quantitative estimate of drug-likeness (QED) is 0.367. The van der Waals surface area contributed by atoms with Gasteiger partial charge in [0.2, 0.25) is 5.91 Å². The van der Waals surface area contributed by atoms with Crippen molar-refractivity contribution in [1.82, 2.24) is 14.9 Å². The maximum atomic E-state index is 12.6. The average Bonchev–Trinajstić information content (AvgIpc) is 3.55. The summed E-state index contributed by atoms with van der Waals surface area (Å²) in [4.78, 5) is 27.4. The lowest BCUT2D eigenvalue weighted by atomic mass is 9.96. The molecule has 0 bridgehead atoms. The summed E-state index contributed by atoms with van der Waals surface area (Å²) >= 11 is 0. The molecule has 0 saturated carbocycles. The third-order valence-corrected chi connectivity index (χ3v) is 7.69. The Kier molecular flexibility index (Phi) is 6.37. The summed E-state index contributed by atoms with van der Waals surface area (Å²) in [7, 11) is 2.17. The molecular weight excluding hydrogens is 474 g/mol. The van der Waals surface area contributed by atoms with Gasteiger partial charge in [-0.3, -0.25) is 4.79 Å². The van der Waals surface area contributed by atoms with Crippen LogP contribution in [0.2, 0.25) is 0 Å². The van der Waals surface area contributed by atoms with Crippen LogP contribution in [0.5, 0.6) is 5.75 Å². The minimum atomic E-state index is -0.0729. The molecule has 194 valence electrons. The molecule has 6 rings (SSSR count). The molecule has 0 spiro atoms. The first-order valence-corrected chi connectivity index (χ1v) is 13.3. The number of pyridine rings is 1. The van der Waals surface area contributed by atoms with E-state index in [-0.39, 0.29) is 5.91 Å². The standard InChI is InChI=1S/C31H33N5O2/c1-4-27(37)36-15-13-21-6-7-23(20-25(21)36)28-29-26(38-5-2)12-14-32-31(29)33-30(28)22-8-10-24(11-9-22)35-18-16-34(3)17-19-35/h4,6-12,14,20H,1,5,13,15-19H2,2-3H3,(H,32,33). The fourth-order valence-corrected chi connectivity index (χ4v) is 5.64. The van der Waals surface area contributed by atoms with Crippen LogP contribution >= 0.6 is 0 Å². The number of piperazine rings is 1. The molecule has 7 nitrogen and oxygen atoms in total. The maximum absolute atomic E-state index is 12.6.